The molecule has 0 radical (unpaired) electrons. The van der Waals surface area contributed by atoms with Crippen molar-refractivity contribution in [1.82, 2.24) is 30.0 Å². The number of anilines is 1. The molecule has 0 saturated carbocycles. The van der Waals surface area contributed by atoms with Crippen LogP contribution >= 0.6 is 11.5 Å². The van der Waals surface area contributed by atoms with Crippen LogP contribution in [0.5, 0.6) is 0 Å². The molecule has 2 heterocycles. The first-order valence-electron chi connectivity index (χ1n) is 4.17. The highest BCUT2D eigenvalue weighted by atomic mass is 32.1. The van der Waals surface area contributed by atoms with Crippen molar-refractivity contribution in [3.05, 3.63) is 11.6 Å². The number of hydrogen-bond acceptors (Lipinski definition) is 7. The van der Waals surface area contributed by atoms with Crippen LogP contribution in [0.2, 0.25) is 0 Å². The van der Waals surface area contributed by atoms with Gasteiger partial charge in [-0.2, -0.15) is 0 Å². The number of nitrogens with zero attached hydrogens (tertiary/aromatic N) is 5. The first-order chi connectivity index (χ1) is 7.29. The molecule has 0 aliphatic heterocycles. The molecule has 9 heteroatoms. The van der Waals surface area contributed by atoms with Crippen molar-refractivity contribution in [3.8, 4) is 0 Å². The van der Waals surface area contributed by atoms with Gasteiger partial charge < -0.3 is 0 Å². The van der Waals surface area contributed by atoms with Gasteiger partial charge in [-0.1, -0.05) is 16.5 Å². The summed E-state index contributed by atoms with van der Waals surface area (Å²) in [5, 5.41) is 16.1. The molecule has 2 N–H and O–H groups in total. The van der Waals surface area contributed by atoms with E-state index in [0.717, 1.165) is 11.5 Å². The van der Waals surface area contributed by atoms with Crippen LogP contribution in [0.1, 0.15) is 23.4 Å². The maximum absolute atomic E-state index is 11.5. The number of rotatable bonds is 3. The van der Waals surface area contributed by atoms with Gasteiger partial charge in [0, 0.05) is 18.0 Å². The van der Waals surface area contributed by atoms with Gasteiger partial charge in [0.1, 0.15) is 5.82 Å². The van der Waals surface area contributed by atoms with Crippen molar-refractivity contribution in [2.75, 3.05) is 5.32 Å². The second kappa shape index (κ2) is 4.09. The highest BCUT2D eigenvalue weighted by molar-refractivity contribution is 7.09. The Morgan fingerprint density at radius 2 is 2.47 bits per heavy atom. The fraction of sp³-hybridized carbons (Fsp3) is 0.333. The van der Waals surface area contributed by atoms with Crippen molar-refractivity contribution in [1.29, 1.82) is 0 Å². The third kappa shape index (κ3) is 2.13. The monoisotopic (exact) mass is 225 g/mol. The molecular formula is C6H7N7OS. The number of aromatic nitrogens is 6. The van der Waals surface area contributed by atoms with Crippen molar-refractivity contribution in [2.45, 2.75) is 13.3 Å². The number of nitrogens with one attached hydrogen (secondary N) is 2. The van der Waals surface area contributed by atoms with Crippen LogP contribution < -0.4 is 5.32 Å². The summed E-state index contributed by atoms with van der Waals surface area (Å²) in [6, 6.07) is 0. The zero-order valence-electron chi connectivity index (χ0n) is 7.76. The molecule has 0 unspecified atom stereocenters. The van der Waals surface area contributed by atoms with Crippen molar-refractivity contribution in [2.24, 2.45) is 0 Å². The molecule has 0 fully saturated rings. The lowest BCUT2D eigenvalue weighted by Gasteiger charge is -1.93. The van der Waals surface area contributed by atoms with Crippen LogP contribution in [0.25, 0.3) is 0 Å². The summed E-state index contributed by atoms with van der Waals surface area (Å²) in [4.78, 5) is 15.5. The number of aromatic amines is 1. The van der Waals surface area contributed by atoms with E-state index in [0.29, 0.717) is 17.4 Å². The van der Waals surface area contributed by atoms with Gasteiger partial charge in [0.05, 0.1) is 0 Å². The molecule has 0 aliphatic carbocycles. The molecule has 2 aromatic heterocycles. The number of amides is 1. The molecular weight excluding hydrogens is 218 g/mol. The average Bonchev–Trinajstić information content (AvgIpc) is 2.86. The maximum Gasteiger partial charge on any atom is 0.297 e. The quantitative estimate of drug-likeness (QED) is 0.752. The van der Waals surface area contributed by atoms with Gasteiger partial charge in [-0.3, -0.25) is 15.2 Å². The van der Waals surface area contributed by atoms with E-state index in [-0.39, 0.29) is 5.82 Å². The molecule has 8 nitrogen and oxygen atoms in total. The third-order valence-electron chi connectivity index (χ3n) is 1.59. The molecule has 0 aromatic carbocycles. The van der Waals surface area contributed by atoms with E-state index in [2.05, 4.69) is 35.3 Å². The van der Waals surface area contributed by atoms with Crippen LogP contribution in [-0.4, -0.2) is 35.9 Å². The summed E-state index contributed by atoms with van der Waals surface area (Å²) < 4.78 is 3.51. The summed E-state index contributed by atoms with van der Waals surface area (Å²) in [6.45, 7) is 1.91. The predicted molar refractivity (Wildman–Crippen MR) is 51.4 cm³/mol. The standard InChI is InChI=1S/C6H7N7OS/c1-2-3-7-4(10-9-3)5(14)8-6-11-12-13-15-6/h2H2,1H3,(H,7,9,10)(H,8,11,13,14). The Morgan fingerprint density at radius 1 is 1.60 bits per heavy atom. The Hall–Kier alpha value is -1.90. The molecule has 0 bridgehead atoms. The van der Waals surface area contributed by atoms with E-state index in [1.165, 1.54) is 0 Å². The van der Waals surface area contributed by atoms with Crippen LogP contribution in [-0.2, 0) is 6.42 Å². The molecule has 0 saturated heterocycles. The van der Waals surface area contributed by atoms with Crippen molar-refractivity contribution < 1.29 is 4.79 Å². The fourth-order valence-electron chi connectivity index (χ4n) is 0.890. The van der Waals surface area contributed by atoms with Crippen LogP contribution in [0.3, 0.4) is 0 Å². The van der Waals surface area contributed by atoms with Gasteiger partial charge in [-0.05, 0) is 5.21 Å². The first-order valence-corrected chi connectivity index (χ1v) is 4.94. The van der Waals surface area contributed by atoms with Gasteiger partial charge in [-0.25, -0.2) is 4.98 Å². The zero-order valence-corrected chi connectivity index (χ0v) is 8.58. The number of hydrogen-bond donors (Lipinski definition) is 2. The van der Waals surface area contributed by atoms with E-state index in [1.807, 2.05) is 6.92 Å². The molecule has 78 valence electrons. The highest BCUT2D eigenvalue weighted by Crippen LogP contribution is 2.06. The number of carbonyl (C=O) groups is 1. The molecule has 0 atom stereocenters. The minimum atomic E-state index is -0.426. The molecule has 2 rings (SSSR count). The number of H-pyrrole nitrogens is 1. The topological polar surface area (TPSA) is 109 Å². The summed E-state index contributed by atoms with van der Waals surface area (Å²) in [6.07, 6.45) is 0.695. The van der Waals surface area contributed by atoms with Gasteiger partial charge in [0.15, 0.2) is 0 Å². The Bertz CT molecular complexity index is 450. The SMILES string of the molecule is CCc1nc(C(=O)Nc2nnns2)n[nH]1. The van der Waals surface area contributed by atoms with E-state index < -0.39 is 5.91 Å². The van der Waals surface area contributed by atoms with Crippen LogP contribution in [0.4, 0.5) is 5.13 Å². The third-order valence-corrected chi connectivity index (χ3v) is 2.10. The lowest BCUT2D eigenvalue weighted by atomic mass is 10.5. The van der Waals surface area contributed by atoms with E-state index in [1.54, 1.807) is 0 Å². The first kappa shape index (κ1) is 9.65. The Balaban J connectivity index is 2.08. The van der Waals surface area contributed by atoms with Crippen molar-refractivity contribution in [3.63, 3.8) is 0 Å². The smallest absolute Gasteiger partial charge is 0.292 e. The van der Waals surface area contributed by atoms with Crippen molar-refractivity contribution >= 4 is 22.6 Å². The van der Waals surface area contributed by atoms with Crippen LogP contribution in [0, 0.1) is 0 Å². The molecule has 0 spiro atoms. The fourth-order valence-corrected chi connectivity index (χ4v) is 1.25. The summed E-state index contributed by atoms with van der Waals surface area (Å²) in [7, 11) is 0. The van der Waals surface area contributed by atoms with E-state index in [9.17, 15) is 4.79 Å². The Morgan fingerprint density at radius 3 is 3.07 bits per heavy atom. The summed E-state index contributed by atoms with van der Waals surface area (Å²) in [5.74, 6) is 0.321. The zero-order chi connectivity index (χ0) is 10.7. The van der Waals surface area contributed by atoms with Crippen LogP contribution in [0.15, 0.2) is 0 Å². The van der Waals surface area contributed by atoms with Gasteiger partial charge in [0.25, 0.3) is 5.91 Å². The highest BCUT2D eigenvalue weighted by Gasteiger charge is 2.13. The summed E-state index contributed by atoms with van der Waals surface area (Å²) >= 11 is 0.989. The largest absolute Gasteiger partial charge is 0.297 e. The average molecular weight is 225 g/mol. The Labute approximate surface area is 88.3 Å². The Kier molecular flexibility index (Phi) is 2.63. The summed E-state index contributed by atoms with van der Waals surface area (Å²) in [5.41, 5.74) is 0. The van der Waals surface area contributed by atoms with Gasteiger partial charge in [0.2, 0.25) is 11.0 Å². The van der Waals surface area contributed by atoms with E-state index >= 15 is 0 Å². The lowest BCUT2D eigenvalue weighted by molar-refractivity contribution is 0.101. The maximum atomic E-state index is 11.5. The minimum absolute atomic E-state index is 0.0852. The van der Waals surface area contributed by atoms with E-state index in [4.69, 9.17) is 0 Å². The number of carbonyl (C=O) groups excluding carboxylic acids is 1. The second-order valence-corrected chi connectivity index (χ2v) is 3.31. The predicted octanol–water partition coefficient (Wildman–Crippen LogP) is -0.134. The minimum Gasteiger partial charge on any atom is -0.292 e. The second-order valence-electron chi connectivity index (χ2n) is 2.58. The molecule has 0 aliphatic rings. The molecule has 2 aromatic rings. The van der Waals surface area contributed by atoms with Gasteiger partial charge in [-0.15, -0.1) is 5.10 Å². The molecule has 15 heavy (non-hydrogen) atoms. The normalized spacial score (nSPS) is 10.2. The molecule has 1 amide bonds. The lowest BCUT2D eigenvalue weighted by Crippen LogP contribution is -2.13. The van der Waals surface area contributed by atoms with Gasteiger partial charge >= 0.3 is 0 Å². The number of aryl methyl sites for hydroxylation is 1.